The highest BCUT2D eigenvalue weighted by Gasteiger charge is 2.17. The predicted octanol–water partition coefficient (Wildman–Crippen LogP) is 5.28. The largest absolute Gasteiger partial charge is 0.487 e. The number of aliphatic hydroxyl groups is 1. The average Bonchev–Trinajstić information content (AvgIpc) is 3.25. The molecule has 0 aliphatic heterocycles. The van der Waals surface area contributed by atoms with E-state index in [1.54, 1.807) is 13.3 Å². The fourth-order valence-corrected chi connectivity index (χ4v) is 4.81. The van der Waals surface area contributed by atoms with Gasteiger partial charge in [-0.1, -0.05) is 54.6 Å². The van der Waals surface area contributed by atoms with Crippen LogP contribution in [-0.4, -0.2) is 52.5 Å². The van der Waals surface area contributed by atoms with Crippen LogP contribution >= 0.6 is 0 Å². The summed E-state index contributed by atoms with van der Waals surface area (Å²) >= 11 is 0. The highest BCUT2D eigenvalue weighted by Crippen LogP contribution is 2.29. The minimum Gasteiger partial charge on any atom is -0.487 e. The zero-order chi connectivity index (χ0) is 25.5. The second kappa shape index (κ2) is 12.0. The Balaban J connectivity index is 1.25. The van der Waals surface area contributed by atoms with Gasteiger partial charge in [-0.2, -0.15) is 0 Å². The first-order valence-electron chi connectivity index (χ1n) is 12.7. The zero-order valence-electron chi connectivity index (χ0n) is 21.2. The van der Waals surface area contributed by atoms with E-state index in [0.717, 1.165) is 34.6 Å². The second-order valence-corrected chi connectivity index (χ2v) is 9.28. The third kappa shape index (κ3) is 6.17. The van der Waals surface area contributed by atoms with E-state index in [1.807, 2.05) is 30.3 Å². The number of rotatable bonds is 12. The van der Waals surface area contributed by atoms with Gasteiger partial charge in [-0.3, -0.25) is 9.88 Å². The molecule has 6 heteroatoms. The maximum Gasteiger partial charge on any atom is 0.130 e. The average molecular weight is 496 g/mol. The van der Waals surface area contributed by atoms with Crippen molar-refractivity contribution < 1.29 is 14.6 Å². The van der Waals surface area contributed by atoms with Crippen molar-refractivity contribution in [3.05, 3.63) is 108 Å². The fourth-order valence-electron chi connectivity index (χ4n) is 4.81. The summed E-state index contributed by atoms with van der Waals surface area (Å²) in [6, 6.07) is 30.7. The number of aliphatic hydroxyl groups excluding tert-OH is 1. The van der Waals surface area contributed by atoms with Crippen LogP contribution in [0.1, 0.15) is 11.3 Å². The molecule has 190 valence electrons. The van der Waals surface area contributed by atoms with Gasteiger partial charge in [0.2, 0.25) is 0 Å². The van der Waals surface area contributed by atoms with Crippen molar-refractivity contribution in [1.29, 1.82) is 0 Å². The molecule has 0 radical (unpaired) electrons. The van der Waals surface area contributed by atoms with E-state index in [4.69, 9.17) is 9.47 Å². The molecule has 0 fully saturated rings. The number of hydrogen-bond donors (Lipinski definition) is 1. The molecule has 0 unspecified atom stereocenters. The number of hydrogen-bond acceptors (Lipinski definition) is 5. The highest BCUT2D eigenvalue weighted by atomic mass is 16.5. The standard InChI is InChI=1S/C31H33N3O3/c1-36-19-18-33(20-24-13-15-27(16-14-24)37-23-25-8-6-7-17-32-25)21-26(35)22-34-30-11-4-2-9-28(30)29-10-3-5-12-31(29)34/h2-17,26,35H,18-23H2,1H3/t26-/m0/s1. The van der Waals surface area contributed by atoms with Crippen molar-refractivity contribution in [3.8, 4) is 5.75 Å². The maximum atomic E-state index is 11.2. The number of fused-ring (bicyclic) bond motifs is 3. The number of aromatic nitrogens is 2. The molecule has 6 nitrogen and oxygen atoms in total. The summed E-state index contributed by atoms with van der Waals surface area (Å²) in [7, 11) is 1.71. The predicted molar refractivity (Wildman–Crippen MR) is 148 cm³/mol. The monoisotopic (exact) mass is 495 g/mol. The molecule has 37 heavy (non-hydrogen) atoms. The number of benzene rings is 3. The third-order valence-corrected chi connectivity index (χ3v) is 6.60. The zero-order valence-corrected chi connectivity index (χ0v) is 21.2. The number of methoxy groups -OCH3 is 1. The van der Waals surface area contributed by atoms with Gasteiger partial charge >= 0.3 is 0 Å². The van der Waals surface area contributed by atoms with E-state index >= 15 is 0 Å². The highest BCUT2D eigenvalue weighted by molar-refractivity contribution is 6.07. The van der Waals surface area contributed by atoms with Gasteiger partial charge in [-0.15, -0.1) is 0 Å². The SMILES string of the molecule is COCCN(Cc1ccc(OCc2ccccn2)cc1)C[C@H](O)Cn1c2ccccc2c2ccccc21. The maximum absolute atomic E-state index is 11.2. The fraction of sp³-hybridized carbons (Fsp3) is 0.258. The molecule has 1 N–H and O–H groups in total. The Kier molecular flexibility index (Phi) is 8.11. The molecule has 2 aromatic heterocycles. The van der Waals surface area contributed by atoms with Crippen molar-refractivity contribution in [1.82, 2.24) is 14.5 Å². The van der Waals surface area contributed by atoms with Gasteiger partial charge in [0.1, 0.15) is 12.4 Å². The molecule has 5 rings (SSSR count). The van der Waals surface area contributed by atoms with Crippen LogP contribution in [0.3, 0.4) is 0 Å². The molecule has 1 atom stereocenters. The Bertz CT molecular complexity index is 1360. The lowest BCUT2D eigenvalue weighted by atomic mass is 10.2. The molecule has 0 spiro atoms. The lowest BCUT2D eigenvalue weighted by Crippen LogP contribution is -2.36. The molecular weight excluding hydrogens is 462 g/mol. The Morgan fingerprint density at radius 2 is 1.54 bits per heavy atom. The normalized spacial score (nSPS) is 12.4. The summed E-state index contributed by atoms with van der Waals surface area (Å²) in [4.78, 5) is 6.54. The van der Waals surface area contributed by atoms with E-state index in [1.165, 1.54) is 10.8 Å². The van der Waals surface area contributed by atoms with Gasteiger partial charge in [-0.25, -0.2) is 0 Å². The van der Waals surface area contributed by atoms with E-state index in [9.17, 15) is 5.11 Å². The molecule has 0 aliphatic rings. The van der Waals surface area contributed by atoms with Crippen molar-refractivity contribution in [2.75, 3.05) is 26.8 Å². The lowest BCUT2D eigenvalue weighted by Gasteiger charge is -2.25. The molecule has 5 aromatic rings. The summed E-state index contributed by atoms with van der Waals surface area (Å²) in [6.45, 7) is 3.56. The molecule has 0 saturated heterocycles. The van der Waals surface area contributed by atoms with Crippen molar-refractivity contribution in [2.24, 2.45) is 0 Å². The summed E-state index contributed by atoms with van der Waals surface area (Å²) in [6.07, 6.45) is 1.24. The Morgan fingerprint density at radius 3 is 2.19 bits per heavy atom. The molecule has 0 amide bonds. The van der Waals surface area contributed by atoms with Crippen molar-refractivity contribution in [2.45, 2.75) is 25.8 Å². The quantitative estimate of drug-likeness (QED) is 0.255. The molecule has 0 bridgehead atoms. The smallest absolute Gasteiger partial charge is 0.130 e. The molecular formula is C31H33N3O3. The first kappa shape index (κ1) is 25.0. The van der Waals surface area contributed by atoms with E-state index in [0.29, 0.717) is 32.8 Å². The molecule has 2 heterocycles. The van der Waals surface area contributed by atoms with Crippen molar-refractivity contribution >= 4 is 21.8 Å². The summed E-state index contributed by atoms with van der Waals surface area (Å²) in [5.41, 5.74) is 4.35. The first-order valence-corrected chi connectivity index (χ1v) is 12.7. The van der Waals surface area contributed by atoms with Crippen LogP contribution in [0.5, 0.6) is 5.75 Å². The lowest BCUT2D eigenvalue weighted by molar-refractivity contribution is 0.0768. The van der Waals surface area contributed by atoms with Crippen LogP contribution in [0.2, 0.25) is 0 Å². The topological polar surface area (TPSA) is 59.8 Å². The van der Waals surface area contributed by atoms with Crippen LogP contribution in [0.4, 0.5) is 0 Å². The van der Waals surface area contributed by atoms with E-state index in [-0.39, 0.29) is 0 Å². The van der Waals surface area contributed by atoms with Gasteiger partial charge in [0.25, 0.3) is 0 Å². The van der Waals surface area contributed by atoms with Crippen LogP contribution in [0.25, 0.3) is 21.8 Å². The number of ether oxygens (including phenoxy) is 2. The Morgan fingerprint density at radius 1 is 0.865 bits per heavy atom. The van der Waals surface area contributed by atoms with Crippen molar-refractivity contribution in [3.63, 3.8) is 0 Å². The van der Waals surface area contributed by atoms with Gasteiger partial charge < -0.3 is 19.1 Å². The van der Waals surface area contributed by atoms with Gasteiger partial charge in [0.05, 0.1) is 24.9 Å². The third-order valence-electron chi connectivity index (χ3n) is 6.60. The number of para-hydroxylation sites is 2. The molecule has 0 aliphatic carbocycles. The Hall–Kier alpha value is -3.71. The molecule has 3 aromatic carbocycles. The van der Waals surface area contributed by atoms with Crippen LogP contribution in [0, 0.1) is 0 Å². The summed E-state index contributed by atoms with van der Waals surface area (Å²) < 4.78 is 13.5. The van der Waals surface area contributed by atoms with Crippen LogP contribution < -0.4 is 4.74 Å². The minimum absolute atomic E-state index is 0.440. The van der Waals surface area contributed by atoms with Gasteiger partial charge in [0, 0.05) is 54.7 Å². The second-order valence-electron chi connectivity index (χ2n) is 9.28. The first-order chi connectivity index (χ1) is 18.2. The summed E-state index contributed by atoms with van der Waals surface area (Å²) in [5, 5.41) is 13.6. The van der Waals surface area contributed by atoms with Crippen LogP contribution in [0.15, 0.2) is 97.2 Å². The van der Waals surface area contributed by atoms with E-state index in [2.05, 4.69) is 75.1 Å². The van der Waals surface area contributed by atoms with Gasteiger partial charge in [-0.05, 0) is 42.0 Å². The number of pyridine rings is 1. The van der Waals surface area contributed by atoms with E-state index < -0.39 is 6.10 Å². The summed E-state index contributed by atoms with van der Waals surface area (Å²) in [5.74, 6) is 0.809. The minimum atomic E-state index is -0.531. The van der Waals surface area contributed by atoms with Crippen LogP contribution in [-0.2, 0) is 24.4 Å². The molecule has 0 saturated carbocycles. The van der Waals surface area contributed by atoms with Gasteiger partial charge in [0.15, 0.2) is 0 Å². The Labute approximate surface area is 217 Å². The number of nitrogens with zero attached hydrogens (tertiary/aromatic N) is 3.